The Balaban J connectivity index is 2.92. The number of esters is 1. The normalized spacial score (nSPS) is 13.4. The topological polar surface area (TPSA) is 70.1 Å². The fourth-order valence-corrected chi connectivity index (χ4v) is 1.87. The Hall–Kier alpha value is -1.36. The summed E-state index contributed by atoms with van der Waals surface area (Å²) in [6.07, 6.45) is 2.06. The lowest BCUT2D eigenvalue weighted by Crippen LogP contribution is -2.22. The van der Waals surface area contributed by atoms with Crippen LogP contribution >= 0.6 is 0 Å². The number of nitrogens with zero attached hydrogens (tertiary/aromatic N) is 2. The molecule has 1 aromatic heterocycles. The van der Waals surface area contributed by atoms with Gasteiger partial charge in [-0.25, -0.2) is 0 Å². The fourth-order valence-electron chi connectivity index (χ4n) is 1.87. The lowest BCUT2D eigenvalue weighted by Gasteiger charge is -2.20. The second-order valence-electron chi connectivity index (χ2n) is 5.47. The van der Waals surface area contributed by atoms with Crippen LogP contribution in [0.25, 0.3) is 0 Å². The van der Waals surface area contributed by atoms with Gasteiger partial charge in [-0.3, -0.25) is 9.48 Å². The smallest absolute Gasteiger partial charge is 0.307 e. The standard InChI is InChI=1S/C13H23N3O2/c1-6-18-11(17)7-10(14)9-8-16(5)15-12(9)13(2,3)4/h8,10H,6-7,14H2,1-5H3/t10-/m1/s1. The van der Waals surface area contributed by atoms with Crippen molar-refractivity contribution in [3.05, 3.63) is 17.5 Å². The fraction of sp³-hybridized carbons (Fsp3) is 0.692. The molecule has 0 aliphatic rings. The number of nitrogens with two attached hydrogens (primary N) is 1. The molecule has 1 heterocycles. The van der Waals surface area contributed by atoms with Gasteiger partial charge in [0.05, 0.1) is 18.7 Å². The average Bonchev–Trinajstić information content (AvgIpc) is 2.60. The summed E-state index contributed by atoms with van der Waals surface area (Å²) in [6, 6.07) is -0.369. The van der Waals surface area contributed by atoms with Gasteiger partial charge in [0.25, 0.3) is 0 Å². The molecule has 0 spiro atoms. The lowest BCUT2D eigenvalue weighted by molar-refractivity contribution is -0.143. The molecule has 1 atom stereocenters. The Bertz CT molecular complexity index is 418. The summed E-state index contributed by atoms with van der Waals surface area (Å²) in [4.78, 5) is 11.5. The van der Waals surface area contributed by atoms with Crippen molar-refractivity contribution in [3.8, 4) is 0 Å². The third-order valence-corrected chi connectivity index (χ3v) is 2.66. The molecule has 2 N–H and O–H groups in total. The maximum atomic E-state index is 11.5. The first-order valence-electron chi connectivity index (χ1n) is 6.21. The highest BCUT2D eigenvalue weighted by Crippen LogP contribution is 2.28. The van der Waals surface area contributed by atoms with Crippen molar-refractivity contribution in [1.29, 1.82) is 0 Å². The van der Waals surface area contributed by atoms with Gasteiger partial charge in [0.1, 0.15) is 0 Å². The van der Waals surface area contributed by atoms with Gasteiger partial charge < -0.3 is 10.5 Å². The van der Waals surface area contributed by atoms with Crippen LogP contribution in [0.5, 0.6) is 0 Å². The molecule has 5 nitrogen and oxygen atoms in total. The third-order valence-electron chi connectivity index (χ3n) is 2.66. The minimum Gasteiger partial charge on any atom is -0.466 e. The summed E-state index contributed by atoms with van der Waals surface area (Å²) in [7, 11) is 1.86. The predicted octanol–water partition coefficient (Wildman–Crippen LogP) is 1.67. The van der Waals surface area contributed by atoms with E-state index in [0.29, 0.717) is 6.61 Å². The van der Waals surface area contributed by atoms with Crippen LogP contribution in [0, 0.1) is 0 Å². The van der Waals surface area contributed by atoms with E-state index < -0.39 is 0 Å². The first-order chi connectivity index (χ1) is 8.25. The number of ether oxygens (including phenoxy) is 1. The van der Waals surface area contributed by atoms with Crippen molar-refractivity contribution < 1.29 is 9.53 Å². The van der Waals surface area contributed by atoms with E-state index in [1.807, 2.05) is 13.2 Å². The molecule has 0 aliphatic heterocycles. The Morgan fingerprint density at radius 2 is 2.17 bits per heavy atom. The monoisotopic (exact) mass is 253 g/mol. The Labute approximate surface area is 108 Å². The molecule has 0 radical (unpaired) electrons. The molecule has 0 amide bonds. The van der Waals surface area contributed by atoms with E-state index in [4.69, 9.17) is 10.5 Å². The number of aromatic nitrogens is 2. The Morgan fingerprint density at radius 3 is 2.67 bits per heavy atom. The van der Waals surface area contributed by atoms with E-state index in [9.17, 15) is 4.79 Å². The number of carbonyl (C=O) groups is 1. The number of hydrogen-bond donors (Lipinski definition) is 1. The number of hydrogen-bond acceptors (Lipinski definition) is 4. The molecule has 102 valence electrons. The summed E-state index contributed by atoms with van der Waals surface area (Å²) in [5.74, 6) is -0.270. The number of aryl methyl sites for hydroxylation is 1. The summed E-state index contributed by atoms with van der Waals surface area (Å²) < 4.78 is 6.66. The highest BCUT2D eigenvalue weighted by molar-refractivity contribution is 5.70. The van der Waals surface area contributed by atoms with E-state index in [1.54, 1.807) is 11.6 Å². The Kier molecular flexibility index (Phi) is 4.51. The van der Waals surface area contributed by atoms with Crippen LogP contribution in [-0.2, 0) is 22.0 Å². The van der Waals surface area contributed by atoms with Gasteiger partial charge in [-0.1, -0.05) is 20.8 Å². The van der Waals surface area contributed by atoms with Gasteiger partial charge in [-0.05, 0) is 6.92 Å². The molecule has 1 aromatic rings. The van der Waals surface area contributed by atoms with Crippen LogP contribution in [-0.4, -0.2) is 22.4 Å². The largest absolute Gasteiger partial charge is 0.466 e. The van der Waals surface area contributed by atoms with E-state index in [2.05, 4.69) is 25.9 Å². The second kappa shape index (κ2) is 5.52. The molecule has 0 fully saturated rings. The van der Waals surface area contributed by atoms with E-state index in [-0.39, 0.29) is 23.8 Å². The number of rotatable bonds is 4. The number of carbonyl (C=O) groups excluding carboxylic acids is 1. The zero-order valence-electron chi connectivity index (χ0n) is 11.9. The maximum absolute atomic E-state index is 11.5. The molecule has 0 saturated carbocycles. The van der Waals surface area contributed by atoms with Gasteiger partial charge in [0.15, 0.2) is 0 Å². The molecule has 0 saturated heterocycles. The van der Waals surface area contributed by atoms with Crippen molar-refractivity contribution in [2.24, 2.45) is 12.8 Å². The van der Waals surface area contributed by atoms with Crippen molar-refractivity contribution in [1.82, 2.24) is 9.78 Å². The minimum absolute atomic E-state index is 0.0944. The zero-order valence-corrected chi connectivity index (χ0v) is 11.9. The lowest BCUT2D eigenvalue weighted by atomic mass is 9.87. The van der Waals surface area contributed by atoms with Crippen LogP contribution in [0.4, 0.5) is 0 Å². The first kappa shape index (κ1) is 14.7. The van der Waals surface area contributed by atoms with Crippen LogP contribution in [0.1, 0.15) is 51.4 Å². The highest BCUT2D eigenvalue weighted by Gasteiger charge is 2.26. The first-order valence-corrected chi connectivity index (χ1v) is 6.21. The molecule has 5 heteroatoms. The van der Waals surface area contributed by atoms with Crippen molar-refractivity contribution in [2.45, 2.75) is 45.6 Å². The van der Waals surface area contributed by atoms with Crippen molar-refractivity contribution in [2.75, 3.05) is 6.61 Å². The summed E-state index contributed by atoms with van der Waals surface area (Å²) in [5, 5.41) is 4.44. The van der Waals surface area contributed by atoms with Crippen molar-refractivity contribution >= 4 is 5.97 Å². The van der Waals surface area contributed by atoms with Gasteiger partial charge in [-0.2, -0.15) is 5.10 Å². The zero-order chi connectivity index (χ0) is 13.9. The quantitative estimate of drug-likeness (QED) is 0.829. The molecular weight excluding hydrogens is 230 g/mol. The molecule has 0 aromatic carbocycles. The summed E-state index contributed by atoms with van der Waals surface area (Å²) in [6.45, 7) is 8.40. The third kappa shape index (κ3) is 3.57. The van der Waals surface area contributed by atoms with E-state index >= 15 is 0 Å². The van der Waals surface area contributed by atoms with Gasteiger partial charge in [-0.15, -0.1) is 0 Å². The summed E-state index contributed by atoms with van der Waals surface area (Å²) in [5.41, 5.74) is 7.84. The van der Waals surface area contributed by atoms with Gasteiger partial charge in [0, 0.05) is 30.3 Å². The van der Waals surface area contributed by atoms with Gasteiger partial charge >= 0.3 is 5.97 Å². The SMILES string of the molecule is CCOC(=O)C[C@@H](N)c1cn(C)nc1C(C)(C)C. The molecule has 0 aliphatic carbocycles. The average molecular weight is 253 g/mol. The van der Waals surface area contributed by atoms with Crippen LogP contribution in [0.15, 0.2) is 6.20 Å². The Morgan fingerprint density at radius 1 is 1.56 bits per heavy atom. The maximum Gasteiger partial charge on any atom is 0.307 e. The van der Waals surface area contributed by atoms with Crippen LogP contribution in [0.2, 0.25) is 0 Å². The van der Waals surface area contributed by atoms with E-state index in [1.165, 1.54) is 0 Å². The molecule has 0 unspecified atom stereocenters. The van der Waals surface area contributed by atoms with Crippen molar-refractivity contribution in [3.63, 3.8) is 0 Å². The molecule has 18 heavy (non-hydrogen) atoms. The van der Waals surface area contributed by atoms with Crippen LogP contribution in [0.3, 0.4) is 0 Å². The predicted molar refractivity (Wildman–Crippen MR) is 70.1 cm³/mol. The minimum atomic E-state index is -0.369. The molecule has 0 bridgehead atoms. The summed E-state index contributed by atoms with van der Waals surface area (Å²) >= 11 is 0. The van der Waals surface area contributed by atoms with Crippen LogP contribution < -0.4 is 5.73 Å². The van der Waals surface area contributed by atoms with E-state index in [0.717, 1.165) is 11.3 Å². The highest BCUT2D eigenvalue weighted by atomic mass is 16.5. The van der Waals surface area contributed by atoms with Gasteiger partial charge in [0.2, 0.25) is 0 Å². The second-order valence-corrected chi connectivity index (χ2v) is 5.47. The molecular formula is C13H23N3O2. The molecule has 1 rings (SSSR count).